The Labute approximate surface area is 167 Å². The van der Waals surface area contributed by atoms with Crippen LogP contribution in [0.3, 0.4) is 0 Å². The van der Waals surface area contributed by atoms with E-state index in [9.17, 15) is 14.4 Å². The fourth-order valence-electron chi connectivity index (χ4n) is 2.59. The number of furan rings is 1. The minimum Gasteiger partial charge on any atom is -0.441 e. The van der Waals surface area contributed by atoms with Gasteiger partial charge in [0.25, 0.3) is 11.1 Å². The number of nitrogens with one attached hydrogen (secondary N) is 1. The van der Waals surface area contributed by atoms with E-state index in [0.29, 0.717) is 17.3 Å². The molecule has 0 aliphatic carbocycles. The fourth-order valence-corrected chi connectivity index (χ4v) is 3.41. The first kappa shape index (κ1) is 19.8. The summed E-state index contributed by atoms with van der Waals surface area (Å²) in [4.78, 5) is 40.0. The molecule has 2 aromatic rings. The molecule has 2 heterocycles. The van der Waals surface area contributed by atoms with E-state index in [4.69, 9.17) is 4.42 Å². The Bertz CT molecular complexity index is 978. The Morgan fingerprint density at radius 3 is 2.57 bits per heavy atom. The van der Waals surface area contributed by atoms with E-state index in [1.54, 1.807) is 23.1 Å². The number of carbonyl (C=O) groups excluding carboxylic acids is 3. The Kier molecular flexibility index (Phi) is 5.60. The molecule has 0 saturated carbocycles. The van der Waals surface area contributed by atoms with Crippen LogP contribution in [0.1, 0.15) is 16.9 Å². The summed E-state index contributed by atoms with van der Waals surface area (Å²) in [6.45, 7) is 3.59. The number of hydrogen-bond acceptors (Lipinski definition) is 6. The summed E-state index contributed by atoms with van der Waals surface area (Å²) in [7, 11) is 3.68. The van der Waals surface area contributed by atoms with Crippen molar-refractivity contribution in [2.45, 2.75) is 13.8 Å². The minimum absolute atomic E-state index is 0.226. The molecule has 0 spiro atoms. The van der Waals surface area contributed by atoms with Crippen LogP contribution in [0.25, 0.3) is 6.08 Å². The molecule has 8 heteroatoms. The summed E-state index contributed by atoms with van der Waals surface area (Å²) in [5, 5.41) is 2.24. The van der Waals surface area contributed by atoms with Crippen molar-refractivity contribution >= 4 is 46.5 Å². The van der Waals surface area contributed by atoms with E-state index in [0.717, 1.165) is 27.8 Å². The van der Waals surface area contributed by atoms with Crippen molar-refractivity contribution in [3.05, 3.63) is 52.1 Å². The smallest absolute Gasteiger partial charge is 0.294 e. The highest BCUT2D eigenvalue weighted by molar-refractivity contribution is 8.18. The molecule has 3 amide bonds. The number of benzene rings is 1. The minimum atomic E-state index is -0.506. The number of anilines is 2. The van der Waals surface area contributed by atoms with E-state index in [-0.39, 0.29) is 11.4 Å². The Hall–Kier alpha value is -3.00. The summed E-state index contributed by atoms with van der Waals surface area (Å²) in [6, 6.07) is 9.02. The highest BCUT2D eigenvalue weighted by atomic mass is 32.2. The number of imide groups is 1. The third-order valence-electron chi connectivity index (χ3n) is 4.29. The number of aryl methyl sites for hydroxylation is 2. The van der Waals surface area contributed by atoms with Crippen molar-refractivity contribution in [3.63, 3.8) is 0 Å². The van der Waals surface area contributed by atoms with Crippen LogP contribution >= 0.6 is 11.8 Å². The van der Waals surface area contributed by atoms with Crippen LogP contribution in [0.5, 0.6) is 0 Å². The standard InChI is InChI=1S/C20H21N3O4S/c1-12-5-6-14(9-13(12)2)21-17(24)11-23-19(25)16(28-20(23)26)10-15-7-8-18(27-15)22(3)4/h5-10H,11H2,1-4H3,(H,21,24). The van der Waals surface area contributed by atoms with E-state index in [1.165, 1.54) is 6.08 Å². The van der Waals surface area contributed by atoms with Crippen molar-refractivity contribution in [3.8, 4) is 0 Å². The second kappa shape index (κ2) is 7.93. The fraction of sp³-hybridized carbons (Fsp3) is 0.250. The highest BCUT2D eigenvalue weighted by Crippen LogP contribution is 2.33. The van der Waals surface area contributed by atoms with Gasteiger partial charge in [0.05, 0.1) is 4.91 Å². The SMILES string of the molecule is Cc1ccc(NC(=O)CN2C(=O)SC(=Cc3ccc(N(C)C)o3)C2=O)cc1C. The van der Waals surface area contributed by atoms with Crippen LogP contribution < -0.4 is 10.2 Å². The van der Waals surface area contributed by atoms with E-state index in [1.807, 2.05) is 40.1 Å². The average Bonchev–Trinajstić information content (AvgIpc) is 3.19. The van der Waals surface area contributed by atoms with Gasteiger partial charge in [-0.25, -0.2) is 0 Å². The second-order valence-electron chi connectivity index (χ2n) is 6.69. The maximum atomic E-state index is 12.5. The van der Waals surface area contributed by atoms with Gasteiger partial charge >= 0.3 is 0 Å². The van der Waals surface area contributed by atoms with Gasteiger partial charge in [-0.15, -0.1) is 0 Å². The summed E-state index contributed by atoms with van der Waals surface area (Å²) in [6.07, 6.45) is 1.51. The number of carbonyl (C=O) groups is 3. The zero-order valence-electron chi connectivity index (χ0n) is 16.1. The lowest BCUT2D eigenvalue weighted by Crippen LogP contribution is -2.36. The number of nitrogens with zero attached hydrogens (tertiary/aromatic N) is 2. The van der Waals surface area contributed by atoms with Crippen molar-refractivity contribution in [2.75, 3.05) is 30.9 Å². The molecular weight excluding hydrogens is 378 g/mol. The molecule has 1 saturated heterocycles. The Morgan fingerprint density at radius 1 is 1.18 bits per heavy atom. The van der Waals surface area contributed by atoms with Crippen molar-refractivity contribution < 1.29 is 18.8 Å². The molecule has 0 radical (unpaired) electrons. The molecule has 1 aromatic heterocycles. The molecule has 1 fully saturated rings. The first-order valence-electron chi connectivity index (χ1n) is 8.64. The van der Waals surface area contributed by atoms with Gasteiger partial charge in [0.1, 0.15) is 12.3 Å². The van der Waals surface area contributed by atoms with Crippen molar-refractivity contribution in [1.82, 2.24) is 4.90 Å². The van der Waals surface area contributed by atoms with Crippen LogP contribution in [0.15, 0.2) is 39.7 Å². The lowest BCUT2D eigenvalue weighted by molar-refractivity contribution is -0.127. The van der Waals surface area contributed by atoms with Gasteiger partial charge in [0, 0.05) is 31.9 Å². The van der Waals surface area contributed by atoms with Gasteiger partial charge in [-0.1, -0.05) is 6.07 Å². The topological polar surface area (TPSA) is 82.9 Å². The first-order valence-corrected chi connectivity index (χ1v) is 9.46. The summed E-state index contributed by atoms with van der Waals surface area (Å²) >= 11 is 0.792. The third-order valence-corrected chi connectivity index (χ3v) is 5.20. The van der Waals surface area contributed by atoms with Crippen LogP contribution in [-0.2, 0) is 9.59 Å². The molecule has 0 bridgehead atoms. The lowest BCUT2D eigenvalue weighted by atomic mass is 10.1. The summed E-state index contributed by atoms with van der Waals surface area (Å²) < 4.78 is 5.58. The zero-order chi connectivity index (χ0) is 20.4. The molecule has 146 valence electrons. The van der Waals surface area contributed by atoms with Gasteiger partial charge < -0.3 is 14.6 Å². The molecule has 28 heavy (non-hydrogen) atoms. The van der Waals surface area contributed by atoms with Crippen LogP contribution in [0.4, 0.5) is 16.4 Å². The van der Waals surface area contributed by atoms with E-state index in [2.05, 4.69) is 5.32 Å². The van der Waals surface area contributed by atoms with Crippen LogP contribution in [-0.4, -0.2) is 42.6 Å². The number of rotatable bonds is 5. The lowest BCUT2D eigenvalue weighted by Gasteiger charge is -2.13. The quantitative estimate of drug-likeness (QED) is 0.773. The van der Waals surface area contributed by atoms with Gasteiger partial charge in [-0.05, 0) is 54.9 Å². The van der Waals surface area contributed by atoms with E-state index >= 15 is 0 Å². The molecule has 1 aliphatic heterocycles. The molecule has 0 unspecified atom stereocenters. The second-order valence-corrected chi connectivity index (χ2v) is 7.68. The van der Waals surface area contributed by atoms with Crippen LogP contribution in [0, 0.1) is 13.8 Å². The average molecular weight is 399 g/mol. The molecule has 3 rings (SSSR count). The van der Waals surface area contributed by atoms with Gasteiger partial charge in [-0.2, -0.15) is 0 Å². The number of amides is 3. The van der Waals surface area contributed by atoms with Crippen molar-refractivity contribution in [1.29, 1.82) is 0 Å². The molecule has 7 nitrogen and oxygen atoms in total. The molecule has 0 atom stereocenters. The monoisotopic (exact) mass is 399 g/mol. The van der Waals surface area contributed by atoms with Gasteiger partial charge in [0.15, 0.2) is 5.88 Å². The number of hydrogen-bond donors (Lipinski definition) is 1. The molecular formula is C20H21N3O4S. The largest absolute Gasteiger partial charge is 0.441 e. The zero-order valence-corrected chi connectivity index (χ0v) is 16.9. The maximum Gasteiger partial charge on any atom is 0.294 e. The summed E-state index contributed by atoms with van der Waals surface area (Å²) in [5.41, 5.74) is 2.79. The molecule has 1 aliphatic rings. The Morgan fingerprint density at radius 2 is 1.93 bits per heavy atom. The maximum absolute atomic E-state index is 12.5. The van der Waals surface area contributed by atoms with Gasteiger partial charge in [0.2, 0.25) is 5.91 Å². The molecule has 1 N–H and O–H groups in total. The third kappa shape index (κ3) is 4.28. The van der Waals surface area contributed by atoms with Crippen molar-refractivity contribution in [2.24, 2.45) is 0 Å². The van der Waals surface area contributed by atoms with Gasteiger partial charge in [-0.3, -0.25) is 19.3 Å². The van der Waals surface area contributed by atoms with Crippen LogP contribution in [0.2, 0.25) is 0 Å². The molecule has 1 aromatic carbocycles. The number of thioether (sulfide) groups is 1. The predicted octanol–water partition coefficient (Wildman–Crippen LogP) is 3.64. The Balaban J connectivity index is 1.68. The van der Waals surface area contributed by atoms with E-state index < -0.39 is 17.1 Å². The highest BCUT2D eigenvalue weighted by Gasteiger charge is 2.36. The summed E-state index contributed by atoms with van der Waals surface area (Å²) in [5.74, 6) is 0.166. The normalized spacial score (nSPS) is 15.4. The predicted molar refractivity (Wildman–Crippen MR) is 110 cm³/mol. The first-order chi connectivity index (χ1) is 13.2.